The third kappa shape index (κ3) is 3.89. The van der Waals surface area contributed by atoms with Crippen LogP contribution >= 0.6 is 0 Å². The highest BCUT2D eigenvalue weighted by atomic mass is 18.4. The minimum absolute atomic E-state index is 0.657. The molecule has 19 heavy (non-hydrogen) atoms. The maximum atomic E-state index is 12.5. The Morgan fingerprint density at radius 3 is 2.74 bits per heavy atom. The molecule has 0 spiro atoms. The van der Waals surface area contributed by atoms with E-state index >= 15 is 0 Å². The predicted molar refractivity (Wildman–Crippen MR) is 52.8 cm³/mol. The third-order valence-corrected chi connectivity index (χ3v) is 2.01. The molecule has 7 nitrogen and oxygen atoms in total. The van der Waals surface area contributed by atoms with Crippen molar-refractivity contribution in [2.24, 2.45) is 0 Å². The smallest absolute Gasteiger partial charge is 0.390 e. The van der Waals surface area contributed by atoms with Gasteiger partial charge in [-0.15, -0.1) is 0 Å². The summed E-state index contributed by atoms with van der Waals surface area (Å²) in [5, 5.41) is 12.0. The number of nitrogens with zero attached hydrogens (tertiary/aromatic N) is 3. The minimum atomic E-state index is -4.35. The summed E-state index contributed by atoms with van der Waals surface area (Å²) in [5.74, 6) is -6.08. The molecular formula is C8H8F4N4O3. The quantitative estimate of drug-likeness (QED) is 0.474. The zero-order valence-corrected chi connectivity index (χ0v) is 9.22. The molecule has 0 fully saturated rings. The number of rotatable bonds is 6. The number of halogens is 4. The largest absolute Gasteiger partial charge is 0.435 e. The molecule has 1 aromatic heterocycles. The number of imidazole rings is 1. The van der Waals surface area contributed by atoms with Crippen molar-refractivity contribution in [3.8, 4) is 0 Å². The van der Waals surface area contributed by atoms with Crippen molar-refractivity contribution in [3.05, 3.63) is 22.5 Å². The first-order valence-corrected chi connectivity index (χ1v) is 4.82. The Morgan fingerprint density at radius 1 is 1.58 bits per heavy atom. The summed E-state index contributed by atoms with van der Waals surface area (Å²) in [4.78, 5) is 24.1. The SMILES string of the molecule is O=C(Cn1ccnc1[N+](=O)[O-])NCC([18F])([18F])C([18F])[18F]. The van der Waals surface area contributed by atoms with Gasteiger partial charge in [0.25, 0.3) is 5.91 Å². The van der Waals surface area contributed by atoms with Crippen molar-refractivity contribution < 1.29 is 27.3 Å². The van der Waals surface area contributed by atoms with Gasteiger partial charge in [0.05, 0.1) is 6.54 Å². The molecule has 0 aliphatic carbocycles. The molecular weight excluding hydrogens is 272 g/mol. The summed E-state index contributed by atoms with van der Waals surface area (Å²) in [6, 6.07) is 0. The fourth-order valence-corrected chi connectivity index (χ4v) is 1.10. The van der Waals surface area contributed by atoms with Crippen molar-refractivity contribution in [3.63, 3.8) is 0 Å². The van der Waals surface area contributed by atoms with Crippen LogP contribution < -0.4 is 5.32 Å². The van der Waals surface area contributed by atoms with E-state index in [0.717, 1.165) is 17.0 Å². The van der Waals surface area contributed by atoms with E-state index in [-0.39, 0.29) is 0 Å². The van der Waals surface area contributed by atoms with Crippen LogP contribution in [0.4, 0.5) is 23.5 Å². The highest BCUT2D eigenvalue weighted by Gasteiger charge is 2.40. The number of hydrogen-bond donors (Lipinski definition) is 1. The lowest BCUT2D eigenvalue weighted by Crippen LogP contribution is -2.42. The lowest BCUT2D eigenvalue weighted by atomic mass is 10.3. The van der Waals surface area contributed by atoms with Crippen LogP contribution in [-0.2, 0) is 11.3 Å². The van der Waals surface area contributed by atoms with Crippen LogP contribution in [0.2, 0.25) is 0 Å². The third-order valence-electron chi connectivity index (χ3n) is 2.01. The Balaban J connectivity index is 2.57. The molecule has 1 N–H and O–H groups in total. The normalized spacial score (nSPS) is 11.6. The molecule has 0 atom stereocenters. The van der Waals surface area contributed by atoms with Crippen LogP contribution in [0.1, 0.15) is 0 Å². The topological polar surface area (TPSA) is 90.1 Å². The number of carbonyl (C=O) groups excluding carboxylic acids is 1. The summed E-state index contributed by atoms with van der Waals surface area (Å²) < 4.78 is 49.4. The van der Waals surface area contributed by atoms with Gasteiger partial charge in [-0.1, -0.05) is 4.98 Å². The van der Waals surface area contributed by atoms with Crippen molar-refractivity contribution in [2.75, 3.05) is 6.54 Å². The Kier molecular flexibility index (Phi) is 4.40. The molecule has 0 aliphatic rings. The standard InChI is InChI=1S/C8H8F4N4O3/c9-6(10)8(11,12)4-14-5(17)3-15-2-1-13-7(15)16(18)19/h1-2,6H,3-4H2,(H,14,17)/i9-1,10-1,11-1,12-1. The second kappa shape index (κ2) is 5.63. The van der Waals surface area contributed by atoms with Crippen LogP contribution in [0.15, 0.2) is 12.4 Å². The predicted octanol–water partition coefficient (Wildman–Crippen LogP) is 0.808. The number of amides is 1. The minimum Gasteiger partial charge on any atom is -0.390 e. The number of aromatic nitrogens is 2. The van der Waals surface area contributed by atoms with E-state index in [1.807, 2.05) is 0 Å². The van der Waals surface area contributed by atoms with Crippen molar-refractivity contribution in [2.45, 2.75) is 18.9 Å². The molecule has 1 aromatic rings. The van der Waals surface area contributed by atoms with Gasteiger partial charge >= 0.3 is 18.3 Å². The first kappa shape index (κ1) is 14.9. The van der Waals surface area contributed by atoms with E-state index in [9.17, 15) is 32.5 Å². The van der Waals surface area contributed by atoms with E-state index in [0.29, 0.717) is 0 Å². The number of nitro groups is 1. The summed E-state index contributed by atoms with van der Waals surface area (Å²) in [6.07, 6.45) is -1.78. The highest BCUT2D eigenvalue weighted by Crippen LogP contribution is 2.21. The van der Waals surface area contributed by atoms with Gasteiger partial charge in [0.2, 0.25) is 0 Å². The van der Waals surface area contributed by atoms with Crippen LogP contribution in [0, 0.1) is 10.1 Å². The summed E-state index contributed by atoms with van der Waals surface area (Å²) in [5.41, 5.74) is 0. The van der Waals surface area contributed by atoms with Gasteiger partial charge in [0, 0.05) is 0 Å². The zero-order chi connectivity index (χ0) is 14.6. The van der Waals surface area contributed by atoms with Gasteiger partial charge in [-0.2, -0.15) is 8.78 Å². The van der Waals surface area contributed by atoms with Gasteiger partial charge < -0.3 is 15.4 Å². The lowest BCUT2D eigenvalue weighted by Gasteiger charge is -2.15. The first-order chi connectivity index (χ1) is 8.74. The number of hydrogen-bond acceptors (Lipinski definition) is 4. The number of carbonyl (C=O) groups is 1. The summed E-state index contributed by atoms with van der Waals surface area (Å²) in [6.45, 7) is -2.22. The number of alkyl halides is 4. The number of nitrogens with one attached hydrogen (secondary N) is 1. The fourth-order valence-electron chi connectivity index (χ4n) is 1.10. The molecule has 106 valence electrons. The zero-order valence-electron chi connectivity index (χ0n) is 9.22. The monoisotopic (exact) mass is 280 g/mol. The van der Waals surface area contributed by atoms with Crippen LogP contribution in [0.3, 0.4) is 0 Å². The van der Waals surface area contributed by atoms with Gasteiger partial charge in [-0.3, -0.25) is 4.79 Å². The van der Waals surface area contributed by atoms with E-state index in [1.165, 1.54) is 0 Å². The van der Waals surface area contributed by atoms with Crippen molar-refractivity contribution in [1.29, 1.82) is 0 Å². The molecule has 1 heterocycles. The van der Waals surface area contributed by atoms with E-state index < -0.39 is 42.2 Å². The highest BCUT2D eigenvalue weighted by molar-refractivity contribution is 5.76. The molecule has 1 rings (SSSR count). The van der Waals surface area contributed by atoms with Crippen LogP contribution in [-0.4, -0.2) is 39.3 Å². The average Bonchev–Trinajstić information content (AvgIpc) is 2.74. The van der Waals surface area contributed by atoms with Gasteiger partial charge in [0.15, 0.2) is 6.54 Å². The summed E-state index contributed by atoms with van der Waals surface area (Å²) in [7, 11) is 0. The molecule has 11 heteroatoms. The fraction of sp³-hybridized carbons (Fsp3) is 0.500. The van der Waals surface area contributed by atoms with E-state index in [2.05, 4.69) is 4.98 Å². The Labute approximate surface area is 103 Å². The maximum Gasteiger partial charge on any atom is 0.435 e. The van der Waals surface area contributed by atoms with Crippen LogP contribution in [0.25, 0.3) is 0 Å². The Bertz CT molecular complexity index is 476. The second-order valence-corrected chi connectivity index (χ2v) is 3.45. The summed E-state index contributed by atoms with van der Waals surface area (Å²) >= 11 is 0. The van der Waals surface area contributed by atoms with Gasteiger partial charge in [-0.25, -0.2) is 13.3 Å². The Morgan fingerprint density at radius 2 is 2.21 bits per heavy atom. The molecule has 0 bridgehead atoms. The van der Waals surface area contributed by atoms with Crippen molar-refractivity contribution >= 4 is 11.9 Å². The second-order valence-electron chi connectivity index (χ2n) is 3.45. The lowest BCUT2D eigenvalue weighted by molar-refractivity contribution is -0.396. The van der Waals surface area contributed by atoms with E-state index in [1.54, 1.807) is 5.32 Å². The maximum absolute atomic E-state index is 12.5. The van der Waals surface area contributed by atoms with Gasteiger partial charge in [0.1, 0.15) is 12.4 Å². The molecule has 0 saturated heterocycles. The van der Waals surface area contributed by atoms with E-state index in [4.69, 9.17) is 0 Å². The molecule has 1 amide bonds. The first-order valence-electron chi connectivity index (χ1n) is 4.82. The molecule has 0 radical (unpaired) electrons. The molecule has 0 aromatic carbocycles. The van der Waals surface area contributed by atoms with Crippen molar-refractivity contribution in [1.82, 2.24) is 14.9 Å². The molecule has 0 saturated carbocycles. The molecule has 0 aliphatic heterocycles. The molecule has 0 unspecified atom stereocenters. The average molecular weight is 280 g/mol. The Hall–Kier alpha value is -2.20. The van der Waals surface area contributed by atoms with Gasteiger partial charge in [-0.05, 0) is 4.92 Å². The van der Waals surface area contributed by atoms with Crippen LogP contribution in [0.5, 0.6) is 0 Å².